The number of amides is 1. The first-order chi connectivity index (χ1) is 21.8. The zero-order valence-corrected chi connectivity index (χ0v) is 26.8. The quantitative estimate of drug-likeness (QED) is 0.335. The van der Waals surface area contributed by atoms with Crippen LogP contribution in [0.5, 0.6) is 0 Å². The summed E-state index contributed by atoms with van der Waals surface area (Å²) < 4.78 is 25.8. The first kappa shape index (κ1) is 31.3. The lowest BCUT2D eigenvalue weighted by Crippen LogP contribution is -2.54. The molecule has 8 nitrogen and oxygen atoms in total. The maximum atomic E-state index is 12.9. The van der Waals surface area contributed by atoms with Crippen LogP contribution in [-0.2, 0) is 20.0 Å². The van der Waals surface area contributed by atoms with Gasteiger partial charge in [0.25, 0.3) is 0 Å². The number of carbonyl (C=O) groups excluding carboxylic acids is 1. The van der Waals surface area contributed by atoms with Gasteiger partial charge in [-0.1, -0.05) is 36.8 Å². The van der Waals surface area contributed by atoms with Gasteiger partial charge in [-0.2, -0.15) is 5.26 Å². The maximum Gasteiger partial charge on any atom is 0.220 e. The number of pyridine rings is 1. The SMILES string of the molecule is CNC(=O)C[C@@H]1CCC[C@H]1C(C#N)(c1ccccc1)C1CCN(CC2CN(c3ccc(S(=O)(=O)c4ccncc4)cc3)C2)CC1. The average Bonchev–Trinajstić information content (AvgIpc) is 3.53. The van der Waals surface area contributed by atoms with Crippen molar-refractivity contribution in [3.63, 3.8) is 0 Å². The van der Waals surface area contributed by atoms with Gasteiger partial charge in [0, 0.05) is 57.1 Å². The molecule has 1 amide bonds. The van der Waals surface area contributed by atoms with Crippen LogP contribution in [-0.4, -0.2) is 64.0 Å². The molecule has 45 heavy (non-hydrogen) atoms. The highest BCUT2D eigenvalue weighted by Gasteiger charge is 2.52. The molecule has 3 aromatic rings. The Morgan fingerprint density at radius 1 is 0.956 bits per heavy atom. The maximum absolute atomic E-state index is 12.9. The van der Waals surface area contributed by atoms with E-state index >= 15 is 0 Å². The number of likely N-dealkylation sites (tertiary alicyclic amines) is 1. The molecule has 6 rings (SSSR count). The van der Waals surface area contributed by atoms with Crippen LogP contribution in [0.1, 0.15) is 44.1 Å². The van der Waals surface area contributed by atoms with Gasteiger partial charge in [-0.15, -0.1) is 0 Å². The van der Waals surface area contributed by atoms with E-state index in [2.05, 4.69) is 50.4 Å². The van der Waals surface area contributed by atoms with Crippen molar-refractivity contribution in [2.24, 2.45) is 23.7 Å². The van der Waals surface area contributed by atoms with Crippen molar-refractivity contribution in [2.45, 2.75) is 53.7 Å². The zero-order valence-electron chi connectivity index (χ0n) is 26.0. The van der Waals surface area contributed by atoms with E-state index in [0.717, 1.165) is 76.1 Å². The van der Waals surface area contributed by atoms with E-state index in [0.29, 0.717) is 17.2 Å². The molecule has 2 saturated heterocycles. The minimum atomic E-state index is -3.55. The molecule has 236 valence electrons. The second-order valence-electron chi connectivity index (χ2n) is 13.0. The molecule has 0 bridgehead atoms. The minimum absolute atomic E-state index is 0.0714. The standard InChI is InChI=1S/C36H43N5O3S/c1-38-35(42)22-28-6-5-9-34(28)36(26-37,29-7-3-2-4-8-29)30-16-20-40(21-17-30)23-27-24-41(25-27)31-10-12-32(13-11-31)45(43,44)33-14-18-39-19-15-33/h2-4,7-8,10-15,18-19,27-28,30,34H,5-6,9,16-17,20-25H2,1H3,(H,38,42)/t28-,34+,36?/m0/s1. The summed E-state index contributed by atoms with van der Waals surface area (Å²) in [6, 6.07) is 23.5. The molecule has 1 saturated carbocycles. The van der Waals surface area contributed by atoms with E-state index in [1.54, 1.807) is 19.2 Å². The van der Waals surface area contributed by atoms with Gasteiger partial charge in [0.1, 0.15) is 0 Å². The number of anilines is 1. The lowest BCUT2D eigenvalue weighted by Gasteiger charge is -2.48. The van der Waals surface area contributed by atoms with Gasteiger partial charge < -0.3 is 15.1 Å². The van der Waals surface area contributed by atoms with E-state index in [1.165, 1.54) is 24.5 Å². The van der Waals surface area contributed by atoms with Crippen molar-refractivity contribution >= 4 is 21.4 Å². The number of nitrogens with one attached hydrogen (secondary N) is 1. The van der Waals surface area contributed by atoms with Crippen molar-refractivity contribution in [3.05, 3.63) is 84.7 Å². The number of benzene rings is 2. The topological polar surface area (TPSA) is 106 Å². The molecular formula is C36H43N5O3S. The van der Waals surface area contributed by atoms with Crippen LogP contribution < -0.4 is 10.2 Å². The molecule has 3 heterocycles. The number of aromatic nitrogens is 1. The Morgan fingerprint density at radius 3 is 2.27 bits per heavy atom. The van der Waals surface area contributed by atoms with Crippen LogP contribution in [0.2, 0.25) is 0 Å². The van der Waals surface area contributed by atoms with Gasteiger partial charge in [0.2, 0.25) is 15.7 Å². The summed E-state index contributed by atoms with van der Waals surface area (Å²) in [5.74, 6) is 1.31. The van der Waals surface area contributed by atoms with Crippen LogP contribution >= 0.6 is 0 Å². The summed E-state index contributed by atoms with van der Waals surface area (Å²) >= 11 is 0. The fourth-order valence-corrected chi connectivity index (χ4v) is 9.49. The normalized spacial score (nSPS) is 22.7. The summed E-state index contributed by atoms with van der Waals surface area (Å²) in [6.45, 7) is 4.89. The molecule has 2 aromatic carbocycles. The summed E-state index contributed by atoms with van der Waals surface area (Å²) in [4.78, 5) is 21.7. The third-order valence-corrected chi connectivity index (χ3v) is 12.4. The van der Waals surface area contributed by atoms with Crippen LogP contribution in [0.15, 0.2) is 88.9 Å². The molecule has 2 aliphatic heterocycles. The lowest BCUT2D eigenvalue weighted by molar-refractivity contribution is -0.122. The zero-order chi connectivity index (χ0) is 31.4. The first-order valence-electron chi connectivity index (χ1n) is 16.2. The van der Waals surface area contributed by atoms with E-state index in [9.17, 15) is 18.5 Å². The number of rotatable bonds is 10. The highest BCUT2D eigenvalue weighted by Crippen LogP contribution is 2.53. The van der Waals surface area contributed by atoms with Crippen molar-refractivity contribution in [3.8, 4) is 6.07 Å². The predicted octanol–water partition coefficient (Wildman–Crippen LogP) is 5.08. The second kappa shape index (κ2) is 13.3. The molecule has 3 fully saturated rings. The predicted molar refractivity (Wildman–Crippen MR) is 174 cm³/mol. The minimum Gasteiger partial charge on any atom is -0.371 e. The van der Waals surface area contributed by atoms with Crippen LogP contribution in [0.3, 0.4) is 0 Å². The van der Waals surface area contributed by atoms with Crippen LogP contribution in [0, 0.1) is 35.0 Å². The van der Waals surface area contributed by atoms with E-state index in [-0.39, 0.29) is 28.6 Å². The molecule has 1 N–H and O–H groups in total. The third kappa shape index (κ3) is 6.23. The molecule has 1 aromatic heterocycles. The molecule has 1 aliphatic carbocycles. The van der Waals surface area contributed by atoms with Crippen LogP contribution in [0.4, 0.5) is 5.69 Å². The smallest absolute Gasteiger partial charge is 0.220 e. The highest BCUT2D eigenvalue weighted by atomic mass is 32.2. The summed E-state index contributed by atoms with van der Waals surface area (Å²) in [5, 5.41) is 13.8. The summed E-state index contributed by atoms with van der Waals surface area (Å²) in [5.41, 5.74) is 1.59. The number of nitriles is 1. The van der Waals surface area contributed by atoms with Gasteiger partial charge in [-0.25, -0.2) is 8.42 Å². The Hall–Kier alpha value is -3.74. The monoisotopic (exact) mass is 625 g/mol. The van der Waals surface area contributed by atoms with Gasteiger partial charge in [-0.3, -0.25) is 9.78 Å². The molecule has 0 spiro atoms. The largest absolute Gasteiger partial charge is 0.371 e. The number of nitrogens with zero attached hydrogens (tertiary/aromatic N) is 4. The summed E-state index contributed by atoms with van der Waals surface area (Å²) in [7, 11) is -1.85. The number of piperidine rings is 1. The Bertz CT molecular complexity index is 1600. The van der Waals surface area contributed by atoms with Gasteiger partial charge in [-0.05, 0) is 98.5 Å². The molecule has 3 atom stereocenters. The Morgan fingerprint density at radius 2 is 1.62 bits per heavy atom. The Kier molecular flexibility index (Phi) is 9.25. The van der Waals surface area contributed by atoms with E-state index in [1.807, 2.05) is 18.2 Å². The fraction of sp³-hybridized carbons (Fsp3) is 0.472. The second-order valence-corrected chi connectivity index (χ2v) is 15.0. The third-order valence-electron chi connectivity index (χ3n) is 10.6. The lowest BCUT2D eigenvalue weighted by atomic mass is 9.58. The number of sulfone groups is 1. The highest BCUT2D eigenvalue weighted by molar-refractivity contribution is 7.91. The van der Waals surface area contributed by atoms with Crippen molar-refractivity contribution in [1.82, 2.24) is 15.2 Å². The average molecular weight is 626 g/mol. The van der Waals surface area contributed by atoms with Gasteiger partial charge in [0.15, 0.2) is 0 Å². The summed E-state index contributed by atoms with van der Waals surface area (Å²) in [6.07, 6.45) is 8.53. The van der Waals surface area contributed by atoms with Gasteiger partial charge in [0.05, 0.1) is 21.3 Å². The number of carbonyl (C=O) groups is 1. The molecule has 1 unspecified atom stereocenters. The number of hydrogen-bond acceptors (Lipinski definition) is 7. The van der Waals surface area contributed by atoms with Crippen molar-refractivity contribution in [1.29, 1.82) is 5.26 Å². The van der Waals surface area contributed by atoms with Gasteiger partial charge >= 0.3 is 0 Å². The Labute approximate surface area is 267 Å². The van der Waals surface area contributed by atoms with Crippen molar-refractivity contribution < 1.29 is 13.2 Å². The van der Waals surface area contributed by atoms with Crippen LogP contribution in [0.25, 0.3) is 0 Å². The number of hydrogen-bond donors (Lipinski definition) is 1. The fourth-order valence-electron chi connectivity index (χ4n) is 8.25. The van der Waals surface area contributed by atoms with Crippen molar-refractivity contribution in [2.75, 3.05) is 44.7 Å². The van der Waals surface area contributed by atoms with E-state index in [4.69, 9.17) is 0 Å². The Balaban J connectivity index is 1.07. The molecule has 0 radical (unpaired) electrons. The first-order valence-corrected chi connectivity index (χ1v) is 17.7. The van der Waals surface area contributed by atoms with E-state index < -0.39 is 15.3 Å². The molecule has 3 aliphatic rings. The molecule has 9 heteroatoms. The molecular weight excluding hydrogens is 582 g/mol.